The zero-order chi connectivity index (χ0) is 21.2. The Morgan fingerprint density at radius 1 is 1.17 bits per heavy atom. The lowest BCUT2D eigenvalue weighted by Crippen LogP contribution is -2.27. The van der Waals surface area contributed by atoms with Crippen molar-refractivity contribution < 1.29 is 26.3 Å². The molecule has 7 nitrogen and oxygen atoms in total. The second-order valence-corrected chi connectivity index (χ2v) is 8.18. The van der Waals surface area contributed by atoms with Crippen LogP contribution in [0.3, 0.4) is 0 Å². The Morgan fingerprint density at radius 2 is 1.90 bits per heavy atom. The highest BCUT2D eigenvalue weighted by atomic mass is 32.2. The number of aryl methyl sites for hydroxylation is 3. The first-order valence-corrected chi connectivity index (χ1v) is 10.2. The van der Waals surface area contributed by atoms with Crippen LogP contribution in [0, 0.1) is 13.8 Å². The summed E-state index contributed by atoms with van der Waals surface area (Å²) < 4.78 is 70.1. The number of nitrogens with one attached hydrogen (secondary N) is 1. The van der Waals surface area contributed by atoms with Crippen molar-refractivity contribution in [2.24, 2.45) is 0 Å². The lowest BCUT2D eigenvalue weighted by atomic mass is 10.2. The zero-order valence-corrected chi connectivity index (χ0v) is 16.5. The summed E-state index contributed by atoms with van der Waals surface area (Å²) in [5.41, 5.74) is 3.25. The highest BCUT2D eigenvalue weighted by molar-refractivity contribution is 7.89. The number of alkyl halides is 3. The molecule has 11 heteroatoms. The molecular formula is C18H19F3N4O3S. The van der Waals surface area contributed by atoms with Gasteiger partial charge in [0.05, 0.1) is 5.69 Å². The van der Waals surface area contributed by atoms with E-state index in [-0.39, 0.29) is 6.54 Å². The molecule has 2 aromatic heterocycles. The number of halogens is 3. The van der Waals surface area contributed by atoms with Crippen LogP contribution >= 0.6 is 0 Å². The van der Waals surface area contributed by atoms with Gasteiger partial charge in [0.2, 0.25) is 10.0 Å². The fourth-order valence-electron chi connectivity index (χ4n) is 2.89. The van der Waals surface area contributed by atoms with Crippen LogP contribution in [-0.2, 0) is 16.4 Å². The molecule has 0 amide bonds. The molecule has 0 spiro atoms. The Kier molecular flexibility index (Phi) is 5.80. The molecule has 3 rings (SSSR count). The number of benzene rings is 1. The van der Waals surface area contributed by atoms with Gasteiger partial charge in [0.25, 0.3) is 0 Å². The quantitative estimate of drug-likeness (QED) is 0.585. The third-order valence-electron chi connectivity index (χ3n) is 4.05. The first-order valence-electron chi connectivity index (χ1n) is 8.72. The summed E-state index contributed by atoms with van der Waals surface area (Å²) in [6.45, 7) is 3.82. The molecule has 0 aliphatic heterocycles. The van der Waals surface area contributed by atoms with Gasteiger partial charge in [-0.05, 0) is 44.9 Å². The van der Waals surface area contributed by atoms with Gasteiger partial charge in [0.1, 0.15) is 10.6 Å². The van der Waals surface area contributed by atoms with Crippen molar-refractivity contribution in [1.29, 1.82) is 0 Å². The number of hydrogen-bond donors (Lipinski definition) is 1. The summed E-state index contributed by atoms with van der Waals surface area (Å²) in [6, 6.07) is 8.32. The van der Waals surface area contributed by atoms with Gasteiger partial charge in [0, 0.05) is 24.0 Å². The van der Waals surface area contributed by atoms with Crippen LogP contribution in [0.25, 0.3) is 5.65 Å². The van der Waals surface area contributed by atoms with Gasteiger partial charge in [-0.1, -0.05) is 12.1 Å². The van der Waals surface area contributed by atoms with Crippen molar-refractivity contribution in [2.45, 2.75) is 37.9 Å². The molecule has 0 bridgehead atoms. The monoisotopic (exact) mass is 428 g/mol. The summed E-state index contributed by atoms with van der Waals surface area (Å²) in [5, 5.41) is 4.43. The number of aromatic nitrogens is 3. The van der Waals surface area contributed by atoms with E-state index in [0.29, 0.717) is 18.5 Å². The standard InChI is InChI=1S/C18H19F3N4O3S/c1-12-10-13(2)25-17(23-12)11-14(24-25)6-5-9-22-29(26,27)16-8-4-3-7-15(16)28-18(19,20)21/h3-4,7-8,10-11,22H,5-6,9H2,1-2H3. The van der Waals surface area contributed by atoms with Gasteiger partial charge in [-0.15, -0.1) is 13.2 Å². The predicted octanol–water partition coefficient (Wildman–Crippen LogP) is 3.16. The van der Waals surface area contributed by atoms with Gasteiger partial charge >= 0.3 is 6.36 Å². The maximum atomic E-state index is 12.5. The first-order chi connectivity index (χ1) is 13.5. The molecule has 0 saturated heterocycles. The minimum absolute atomic E-state index is 0.0298. The molecule has 1 aromatic carbocycles. The lowest BCUT2D eigenvalue weighted by Gasteiger charge is -2.13. The van der Waals surface area contributed by atoms with Gasteiger partial charge in [-0.25, -0.2) is 22.6 Å². The average molecular weight is 428 g/mol. The molecule has 0 aliphatic rings. The summed E-state index contributed by atoms with van der Waals surface area (Å²) in [7, 11) is -4.17. The van der Waals surface area contributed by atoms with Crippen molar-refractivity contribution in [1.82, 2.24) is 19.3 Å². The molecule has 0 saturated carbocycles. The van der Waals surface area contributed by atoms with Crippen LogP contribution in [-0.4, -0.2) is 35.9 Å². The molecule has 2 heterocycles. The van der Waals surface area contributed by atoms with Crippen LogP contribution in [0.5, 0.6) is 5.75 Å². The highest BCUT2D eigenvalue weighted by Gasteiger charge is 2.33. The Balaban J connectivity index is 1.64. The van der Waals surface area contributed by atoms with E-state index >= 15 is 0 Å². The van der Waals surface area contributed by atoms with E-state index in [9.17, 15) is 21.6 Å². The third-order valence-corrected chi connectivity index (χ3v) is 5.55. The topological polar surface area (TPSA) is 85.6 Å². The van der Waals surface area contributed by atoms with E-state index in [1.54, 1.807) is 4.52 Å². The van der Waals surface area contributed by atoms with E-state index in [1.807, 2.05) is 26.0 Å². The van der Waals surface area contributed by atoms with Gasteiger partial charge in [0.15, 0.2) is 5.65 Å². The van der Waals surface area contributed by atoms with Crippen molar-refractivity contribution in [2.75, 3.05) is 6.54 Å². The van der Waals surface area contributed by atoms with E-state index < -0.39 is 27.0 Å². The van der Waals surface area contributed by atoms with Crippen LogP contribution in [0.15, 0.2) is 41.3 Å². The predicted molar refractivity (Wildman–Crippen MR) is 99.1 cm³/mol. The number of nitrogens with zero attached hydrogens (tertiary/aromatic N) is 3. The summed E-state index contributed by atoms with van der Waals surface area (Å²) in [6.07, 6.45) is -4.10. The second-order valence-electron chi connectivity index (χ2n) is 6.44. The third kappa shape index (κ3) is 5.24. The zero-order valence-electron chi connectivity index (χ0n) is 15.7. The van der Waals surface area contributed by atoms with Crippen molar-refractivity contribution in [3.05, 3.63) is 53.5 Å². The number of para-hydroxylation sites is 1. The Bertz CT molecular complexity index is 1130. The fraction of sp³-hybridized carbons (Fsp3) is 0.333. The molecule has 0 fully saturated rings. The number of ether oxygens (including phenoxy) is 1. The Morgan fingerprint density at radius 3 is 2.62 bits per heavy atom. The van der Waals surface area contributed by atoms with Crippen LogP contribution < -0.4 is 9.46 Å². The normalized spacial score (nSPS) is 12.4. The average Bonchev–Trinajstić information content (AvgIpc) is 3.01. The van der Waals surface area contributed by atoms with Gasteiger partial charge in [-0.2, -0.15) is 5.10 Å². The maximum absolute atomic E-state index is 12.5. The van der Waals surface area contributed by atoms with E-state index in [4.69, 9.17) is 0 Å². The van der Waals surface area contributed by atoms with E-state index in [2.05, 4.69) is 19.5 Å². The largest absolute Gasteiger partial charge is 0.573 e. The molecule has 0 aliphatic carbocycles. The lowest BCUT2D eigenvalue weighted by molar-refractivity contribution is -0.275. The fourth-order valence-corrected chi connectivity index (χ4v) is 4.09. The number of rotatable bonds is 7. The minimum Gasteiger partial charge on any atom is -0.404 e. The molecule has 0 radical (unpaired) electrons. The highest BCUT2D eigenvalue weighted by Crippen LogP contribution is 2.29. The molecule has 3 aromatic rings. The van der Waals surface area contributed by atoms with Crippen molar-refractivity contribution >= 4 is 15.7 Å². The maximum Gasteiger partial charge on any atom is 0.573 e. The number of hydrogen-bond acceptors (Lipinski definition) is 5. The number of fused-ring (bicyclic) bond motifs is 1. The van der Waals surface area contributed by atoms with Crippen molar-refractivity contribution in [3.63, 3.8) is 0 Å². The van der Waals surface area contributed by atoms with Crippen molar-refractivity contribution in [3.8, 4) is 5.75 Å². The Hall–Kier alpha value is -2.66. The van der Waals surface area contributed by atoms with E-state index in [1.165, 1.54) is 12.1 Å². The SMILES string of the molecule is Cc1cc(C)n2nc(CCCNS(=O)(=O)c3ccccc3OC(F)(F)F)cc2n1. The second kappa shape index (κ2) is 7.99. The minimum atomic E-state index is -4.99. The summed E-state index contributed by atoms with van der Waals surface area (Å²) in [4.78, 5) is 3.82. The first kappa shape index (κ1) is 21.1. The van der Waals surface area contributed by atoms with Gasteiger partial charge < -0.3 is 4.74 Å². The van der Waals surface area contributed by atoms with E-state index in [0.717, 1.165) is 29.2 Å². The van der Waals surface area contributed by atoms with Gasteiger partial charge in [-0.3, -0.25) is 0 Å². The Labute approximate surface area is 165 Å². The summed E-state index contributed by atoms with van der Waals surface area (Å²) >= 11 is 0. The molecule has 156 valence electrons. The molecule has 0 unspecified atom stereocenters. The van der Waals surface area contributed by atoms with Crippen LogP contribution in [0.2, 0.25) is 0 Å². The number of sulfonamides is 1. The summed E-state index contributed by atoms with van der Waals surface area (Å²) in [5.74, 6) is -0.773. The molecule has 29 heavy (non-hydrogen) atoms. The van der Waals surface area contributed by atoms with Crippen LogP contribution in [0.4, 0.5) is 13.2 Å². The molecular weight excluding hydrogens is 409 g/mol. The molecule has 1 N–H and O–H groups in total. The molecule has 0 atom stereocenters. The van der Waals surface area contributed by atoms with Crippen LogP contribution in [0.1, 0.15) is 23.5 Å². The smallest absolute Gasteiger partial charge is 0.404 e.